The fraction of sp³-hybridized carbons (Fsp3) is 0.595. The van der Waals surface area contributed by atoms with Gasteiger partial charge in [-0.2, -0.15) is 5.10 Å². The zero-order chi connectivity index (χ0) is 31.7. The highest BCUT2D eigenvalue weighted by atomic mass is 16.6. The normalized spacial score (nSPS) is 11.1. The van der Waals surface area contributed by atoms with E-state index in [4.69, 9.17) is 14.2 Å². The molecule has 0 atom stereocenters. The first kappa shape index (κ1) is 36.8. The Morgan fingerprint density at radius 3 is 1.84 bits per heavy atom. The van der Waals surface area contributed by atoms with Gasteiger partial charge in [-0.05, 0) is 67.8 Å². The van der Waals surface area contributed by atoms with E-state index >= 15 is 0 Å². The van der Waals surface area contributed by atoms with Gasteiger partial charge >= 0.3 is 5.97 Å². The van der Waals surface area contributed by atoms with E-state index in [0.717, 1.165) is 24.8 Å². The lowest BCUT2D eigenvalue weighted by atomic mass is 10.0. The molecule has 0 saturated heterocycles. The summed E-state index contributed by atoms with van der Waals surface area (Å²) in [6.45, 7) is 7.20. The number of unbranched alkanes of at least 4 members (excludes halogenated alkanes) is 14. The highest BCUT2D eigenvalue weighted by molar-refractivity contribution is 5.91. The third-order valence-corrected chi connectivity index (χ3v) is 7.44. The smallest absolute Gasteiger partial charge is 0.343 e. The van der Waals surface area contributed by atoms with E-state index in [1.165, 1.54) is 83.5 Å². The van der Waals surface area contributed by atoms with Gasteiger partial charge < -0.3 is 14.2 Å². The number of hydrogen-bond acceptors (Lipinski definition) is 6. The maximum atomic E-state index is 12.7. The molecule has 1 N–H and O–H groups in total. The average molecular weight is 609 g/mol. The lowest BCUT2D eigenvalue weighted by Crippen LogP contribution is -2.16. The number of nitrogens with zero attached hydrogens (tertiary/aromatic N) is 1. The quantitative estimate of drug-likeness (QED) is 0.0399. The zero-order valence-corrected chi connectivity index (χ0v) is 27.5. The van der Waals surface area contributed by atoms with Gasteiger partial charge in [0.15, 0.2) is 11.5 Å². The molecule has 0 fully saturated rings. The molecule has 0 radical (unpaired) electrons. The number of hydrogen-bond donors (Lipinski definition) is 1. The van der Waals surface area contributed by atoms with E-state index in [9.17, 15) is 9.59 Å². The van der Waals surface area contributed by atoms with Crippen LogP contribution in [0.3, 0.4) is 0 Å². The molecule has 2 aromatic rings. The molecule has 244 valence electrons. The lowest BCUT2D eigenvalue weighted by molar-refractivity contribution is -0.121. The van der Waals surface area contributed by atoms with Crippen molar-refractivity contribution in [3.8, 4) is 17.2 Å². The molecule has 0 aliphatic heterocycles. The molecule has 2 aromatic carbocycles. The van der Waals surface area contributed by atoms with E-state index in [0.29, 0.717) is 42.4 Å². The molecule has 0 aromatic heterocycles. The van der Waals surface area contributed by atoms with Crippen molar-refractivity contribution < 1.29 is 23.8 Å². The van der Waals surface area contributed by atoms with Crippen LogP contribution in [0.25, 0.3) is 0 Å². The van der Waals surface area contributed by atoms with Gasteiger partial charge in [0.25, 0.3) is 0 Å². The van der Waals surface area contributed by atoms with Gasteiger partial charge in [-0.1, -0.05) is 104 Å². The molecule has 0 unspecified atom stereocenters. The Kier molecular flexibility index (Phi) is 20.1. The first-order chi connectivity index (χ1) is 21.6. The van der Waals surface area contributed by atoms with Crippen molar-refractivity contribution in [3.63, 3.8) is 0 Å². The zero-order valence-electron chi connectivity index (χ0n) is 27.5. The molecule has 0 aliphatic rings. The summed E-state index contributed by atoms with van der Waals surface area (Å²) in [5.41, 5.74) is 3.75. The largest absolute Gasteiger partial charge is 0.494 e. The standard InChI is InChI=1S/C37H56N2O5/c1-4-7-8-9-10-11-12-13-14-15-16-17-18-19-20-21-36(40)39-38-30-31-22-27-34(35(29-31)42-6-3)44-37(41)32-23-25-33(26-24-32)43-28-5-2/h22-27,29-30H,4-21,28H2,1-3H3,(H,39,40)/b38-30-. The highest BCUT2D eigenvalue weighted by Gasteiger charge is 2.13. The molecule has 0 bridgehead atoms. The van der Waals surface area contributed by atoms with Crippen LogP contribution in [0.2, 0.25) is 0 Å². The minimum absolute atomic E-state index is 0.0855. The number of carbonyl (C=O) groups excluding carboxylic acids is 2. The second-order valence-electron chi connectivity index (χ2n) is 11.4. The monoisotopic (exact) mass is 608 g/mol. The molecule has 2 rings (SSSR count). The fourth-order valence-corrected chi connectivity index (χ4v) is 4.92. The molecule has 44 heavy (non-hydrogen) atoms. The lowest BCUT2D eigenvalue weighted by Gasteiger charge is -2.12. The Morgan fingerprint density at radius 2 is 1.27 bits per heavy atom. The maximum absolute atomic E-state index is 12.7. The van der Waals surface area contributed by atoms with E-state index in [1.54, 1.807) is 48.7 Å². The molecule has 1 amide bonds. The number of rotatable bonds is 25. The number of nitrogens with one attached hydrogen (secondary N) is 1. The number of carbonyl (C=O) groups is 2. The Labute approximate surface area is 266 Å². The van der Waals surface area contributed by atoms with Crippen molar-refractivity contribution in [2.24, 2.45) is 5.10 Å². The van der Waals surface area contributed by atoms with Crippen LogP contribution >= 0.6 is 0 Å². The van der Waals surface area contributed by atoms with Crippen molar-refractivity contribution in [2.45, 2.75) is 130 Å². The predicted octanol–water partition coefficient (Wildman–Crippen LogP) is 9.80. The second kappa shape index (κ2) is 24.0. The second-order valence-corrected chi connectivity index (χ2v) is 11.4. The predicted molar refractivity (Wildman–Crippen MR) is 180 cm³/mol. The van der Waals surface area contributed by atoms with E-state index in [2.05, 4.69) is 17.5 Å². The van der Waals surface area contributed by atoms with Crippen molar-refractivity contribution in [1.29, 1.82) is 0 Å². The van der Waals surface area contributed by atoms with Gasteiger partial charge in [-0.15, -0.1) is 0 Å². The number of ether oxygens (including phenoxy) is 3. The van der Waals surface area contributed by atoms with Crippen molar-refractivity contribution in [3.05, 3.63) is 53.6 Å². The van der Waals surface area contributed by atoms with E-state index in [-0.39, 0.29) is 5.91 Å². The molecule has 0 aliphatic carbocycles. The van der Waals surface area contributed by atoms with Crippen molar-refractivity contribution >= 4 is 18.1 Å². The molecule has 7 heteroatoms. The first-order valence-electron chi connectivity index (χ1n) is 17.1. The molecule has 0 spiro atoms. The number of hydrazone groups is 1. The maximum Gasteiger partial charge on any atom is 0.343 e. The summed E-state index contributed by atoms with van der Waals surface area (Å²) >= 11 is 0. The fourth-order valence-electron chi connectivity index (χ4n) is 4.92. The van der Waals surface area contributed by atoms with Crippen LogP contribution in [0, 0.1) is 0 Å². The average Bonchev–Trinajstić information content (AvgIpc) is 3.03. The van der Waals surface area contributed by atoms with Crippen molar-refractivity contribution in [2.75, 3.05) is 13.2 Å². The van der Waals surface area contributed by atoms with Crippen LogP contribution in [0.4, 0.5) is 0 Å². The van der Waals surface area contributed by atoms with Crippen LogP contribution in [-0.4, -0.2) is 31.3 Å². The number of esters is 1. The first-order valence-corrected chi connectivity index (χ1v) is 17.1. The van der Waals surface area contributed by atoms with Crippen LogP contribution in [0.5, 0.6) is 17.2 Å². The summed E-state index contributed by atoms with van der Waals surface area (Å²) in [5.74, 6) is 0.886. The molecular weight excluding hydrogens is 552 g/mol. The summed E-state index contributed by atoms with van der Waals surface area (Å²) in [7, 11) is 0. The number of amides is 1. The Bertz CT molecular complexity index is 1080. The third kappa shape index (κ3) is 16.5. The summed E-state index contributed by atoms with van der Waals surface area (Å²) in [6.07, 6.45) is 22.4. The van der Waals surface area contributed by atoms with Gasteiger partial charge in [0.05, 0.1) is 25.0 Å². The van der Waals surface area contributed by atoms with Crippen LogP contribution in [0.1, 0.15) is 146 Å². The minimum atomic E-state index is -0.486. The van der Waals surface area contributed by atoms with Crippen LogP contribution in [-0.2, 0) is 4.79 Å². The van der Waals surface area contributed by atoms with Gasteiger partial charge in [0, 0.05) is 6.42 Å². The summed E-state index contributed by atoms with van der Waals surface area (Å²) < 4.78 is 16.9. The van der Waals surface area contributed by atoms with Gasteiger partial charge in [0.1, 0.15) is 5.75 Å². The van der Waals surface area contributed by atoms with Crippen molar-refractivity contribution in [1.82, 2.24) is 5.43 Å². The van der Waals surface area contributed by atoms with Crippen LogP contribution in [0.15, 0.2) is 47.6 Å². The molecule has 0 heterocycles. The van der Waals surface area contributed by atoms with Crippen LogP contribution < -0.4 is 19.6 Å². The number of benzene rings is 2. The third-order valence-electron chi connectivity index (χ3n) is 7.44. The SMILES string of the molecule is CCCCCCCCCCCCCCCCCC(=O)N/N=C\c1ccc(OC(=O)c2ccc(OCCC)cc2)c(OCC)c1. The summed E-state index contributed by atoms with van der Waals surface area (Å²) in [6, 6.07) is 12.0. The topological polar surface area (TPSA) is 86.2 Å². The Morgan fingerprint density at radius 1 is 0.682 bits per heavy atom. The molecular formula is C37H56N2O5. The molecule has 0 saturated carbocycles. The minimum Gasteiger partial charge on any atom is -0.494 e. The highest BCUT2D eigenvalue weighted by Crippen LogP contribution is 2.29. The summed E-state index contributed by atoms with van der Waals surface area (Å²) in [4.78, 5) is 24.9. The Hall–Kier alpha value is -3.35. The van der Waals surface area contributed by atoms with E-state index < -0.39 is 5.97 Å². The summed E-state index contributed by atoms with van der Waals surface area (Å²) in [5, 5.41) is 4.10. The van der Waals surface area contributed by atoms with Gasteiger partial charge in [0.2, 0.25) is 5.91 Å². The molecule has 7 nitrogen and oxygen atoms in total. The Balaban J connectivity index is 1.62. The van der Waals surface area contributed by atoms with Gasteiger partial charge in [-0.25, -0.2) is 10.2 Å². The van der Waals surface area contributed by atoms with Gasteiger partial charge in [-0.3, -0.25) is 4.79 Å². The van der Waals surface area contributed by atoms with E-state index in [1.807, 2.05) is 13.8 Å².